The Hall–Kier alpha value is 0.380. The zero-order valence-electron chi connectivity index (χ0n) is 11.1. The van der Waals surface area contributed by atoms with Gasteiger partial charge in [-0.1, -0.05) is 40.5 Å². The normalized spacial score (nSPS) is 12.6. The molecule has 1 atom stereocenters. The fourth-order valence-corrected chi connectivity index (χ4v) is 4.22. The molecule has 2 aromatic rings. The van der Waals surface area contributed by atoms with Gasteiger partial charge in [-0.15, -0.1) is 11.3 Å². The second-order valence-corrected chi connectivity index (χ2v) is 8.76. The first-order valence-electron chi connectivity index (χ1n) is 6.51. The average molecular weight is 485 g/mol. The molecular weight excluding hydrogens is 469 g/mol. The number of nitrogens with one attached hydrogen (secondary N) is 1. The van der Waals surface area contributed by atoms with E-state index in [1.165, 1.54) is 14.0 Å². The zero-order valence-corrected chi connectivity index (χ0v) is 16.4. The molecule has 0 fully saturated rings. The Bertz CT molecular complexity index is 573. The molecule has 5 heteroatoms. The van der Waals surface area contributed by atoms with Crippen molar-refractivity contribution in [3.05, 3.63) is 53.2 Å². The van der Waals surface area contributed by atoms with E-state index in [9.17, 15) is 0 Å². The third-order valence-corrected chi connectivity index (χ3v) is 5.72. The van der Waals surface area contributed by atoms with E-state index in [-0.39, 0.29) is 0 Å². The van der Waals surface area contributed by atoms with Crippen LogP contribution < -0.4 is 5.32 Å². The van der Waals surface area contributed by atoms with Crippen molar-refractivity contribution < 1.29 is 0 Å². The van der Waals surface area contributed by atoms with Crippen molar-refractivity contribution in [1.82, 2.24) is 5.32 Å². The molecule has 0 aliphatic heterocycles. The number of hydrogen-bond acceptors (Lipinski definition) is 2. The van der Waals surface area contributed by atoms with E-state index >= 15 is 0 Å². The Labute approximate surface area is 151 Å². The van der Waals surface area contributed by atoms with Gasteiger partial charge in [0.25, 0.3) is 0 Å². The molecule has 0 spiro atoms. The van der Waals surface area contributed by atoms with Crippen molar-refractivity contribution in [2.75, 3.05) is 6.54 Å². The summed E-state index contributed by atoms with van der Waals surface area (Å²) >= 11 is 14.0. The highest BCUT2D eigenvalue weighted by Gasteiger charge is 2.15. The fraction of sp³-hybridized carbons (Fsp3) is 0.333. The molecule has 0 aliphatic carbocycles. The van der Waals surface area contributed by atoms with E-state index in [1.54, 1.807) is 11.3 Å². The Balaban J connectivity index is 2.18. The number of thiophene rings is 1. The third-order valence-electron chi connectivity index (χ3n) is 3.07. The van der Waals surface area contributed by atoms with Crippen molar-refractivity contribution in [2.45, 2.75) is 25.8 Å². The molecule has 0 aliphatic rings. The molecule has 1 heterocycles. The summed E-state index contributed by atoms with van der Waals surface area (Å²) in [4.78, 5) is 0. The van der Waals surface area contributed by atoms with Crippen LogP contribution in [0.4, 0.5) is 0 Å². The quantitative estimate of drug-likeness (QED) is 0.492. The molecule has 1 nitrogen and oxygen atoms in total. The minimum atomic E-state index is 0.327. The van der Waals surface area contributed by atoms with Gasteiger partial charge in [-0.2, -0.15) is 0 Å². The number of halogens is 3. The summed E-state index contributed by atoms with van der Waals surface area (Å²) in [5.74, 6) is 0. The van der Waals surface area contributed by atoms with Gasteiger partial charge in [0, 0.05) is 15.5 Å². The van der Waals surface area contributed by atoms with Crippen LogP contribution in [0.3, 0.4) is 0 Å². The summed E-state index contributed by atoms with van der Waals surface area (Å²) in [5.41, 5.74) is 2.54. The Morgan fingerprint density at radius 3 is 2.80 bits per heavy atom. The highest BCUT2D eigenvalue weighted by atomic mass is 127. The smallest absolute Gasteiger partial charge is 0.0656 e. The van der Waals surface area contributed by atoms with Crippen molar-refractivity contribution >= 4 is 61.5 Å². The number of rotatable bonds is 6. The van der Waals surface area contributed by atoms with Gasteiger partial charge in [-0.05, 0) is 76.7 Å². The van der Waals surface area contributed by atoms with E-state index in [4.69, 9.17) is 11.6 Å². The molecule has 108 valence electrons. The third kappa shape index (κ3) is 4.70. The highest BCUT2D eigenvalue weighted by molar-refractivity contribution is 14.1. The standard InChI is InChI=1S/C15H16BrClINS/c1-2-5-19-14(11-7-15(18)20-9-11)6-10-3-4-12(16)8-13(10)17/h3-4,7-9,14,19H,2,5-6H2,1H3. The average Bonchev–Trinajstić information content (AvgIpc) is 2.83. The van der Waals surface area contributed by atoms with Crippen LogP contribution in [-0.2, 0) is 6.42 Å². The van der Waals surface area contributed by atoms with Crippen LogP contribution in [0.5, 0.6) is 0 Å². The second kappa shape index (κ2) is 8.13. The van der Waals surface area contributed by atoms with Crippen molar-refractivity contribution in [1.29, 1.82) is 0 Å². The predicted octanol–water partition coefficient (Wildman–Crippen LogP) is 6.05. The Morgan fingerprint density at radius 1 is 1.40 bits per heavy atom. The van der Waals surface area contributed by atoms with Crippen LogP contribution in [0.15, 0.2) is 34.1 Å². The lowest BCUT2D eigenvalue weighted by atomic mass is 10.0. The van der Waals surface area contributed by atoms with Gasteiger partial charge in [0.15, 0.2) is 0 Å². The van der Waals surface area contributed by atoms with Gasteiger partial charge in [0.1, 0.15) is 0 Å². The monoisotopic (exact) mass is 483 g/mol. The topological polar surface area (TPSA) is 12.0 Å². The molecule has 1 aromatic heterocycles. The molecular formula is C15H16BrClINS. The number of benzene rings is 1. The van der Waals surface area contributed by atoms with E-state index < -0.39 is 0 Å². The largest absolute Gasteiger partial charge is 0.310 e. The molecule has 0 bridgehead atoms. The van der Waals surface area contributed by atoms with Gasteiger partial charge in [-0.25, -0.2) is 0 Å². The van der Waals surface area contributed by atoms with Gasteiger partial charge in [-0.3, -0.25) is 0 Å². The van der Waals surface area contributed by atoms with Crippen molar-refractivity contribution in [3.63, 3.8) is 0 Å². The first-order valence-corrected chi connectivity index (χ1v) is 9.64. The van der Waals surface area contributed by atoms with Crippen LogP contribution in [0.1, 0.15) is 30.5 Å². The second-order valence-electron chi connectivity index (χ2n) is 4.63. The van der Waals surface area contributed by atoms with E-state index in [0.717, 1.165) is 28.9 Å². The molecule has 2 rings (SSSR count). The first kappa shape index (κ1) is 16.7. The molecule has 1 N–H and O–H groups in total. The Morgan fingerprint density at radius 2 is 2.20 bits per heavy atom. The van der Waals surface area contributed by atoms with E-state index in [2.05, 4.69) is 74.3 Å². The molecule has 0 amide bonds. The van der Waals surface area contributed by atoms with E-state index in [0.29, 0.717) is 6.04 Å². The zero-order chi connectivity index (χ0) is 14.5. The minimum Gasteiger partial charge on any atom is -0.310 e. The predicted molar refractivity (Wildman–Crippen MR) is 101 cm³/mol. The molecule has 1 aromatic carbocycles. The first-order chi connectivity index (χ1) is 9.60. The van der Waals surface area contributed by atoms with E-state index in [1.807, 2.05) is 6.07 Å². The van der Waals surface area contributed by atoms with Crippen LogP contribution in [0.25, 0.3) is 0 Å². The van der Waals surface area contributed by atoms with Crippen molar-refractivity contribution in [3.8, 4) is 0 Å². The lowest BCUT2D eigenvalue weighted by Crippen LogP contribution is -2.23. The van der Waals surface area contributed by atoms with Crippen LogP contribution in [0.2, 0.25) is 5.02 Å². The van der Waals surface area contributed by atoms with Gasteiger partial charge < -0.3 is 5.32 Å². The molecule has 0 radical (unpaired) electrons. The summed E-state index contributed by atoms with van der Waals surface area (Å²) < 4.78 is 2.34. The summed E-state index contributed by atoms with van der Waals surface area (Å²) in [5, 5.41) is 6.69. The molecule has 0 saturated carbocycles. The fourth-order valence-electron chi connectivity index (χ4n) is 2.04. The van der Waals surface area contributed by atoms with Crippen LogP contribution in [0, 0.1) is 2.88 Å². The summed E-state index contributed by atoms with van der Waals surface area (Å²) in [6.45, 7) is 3.21. The lowest BCUT2D eigenvalue weighted by molar-refractivity contribution is 0.530. The molecule has 0 saturated heterocycles. The molecule has 20 heavy (non-hydrogen) atoms. The lowest BCUT2D eigenvalue weighted by Gasteiger charge is -2.18. The molecule has 1 unspecified atom stereocenters. The highest BCUT2D eigenvalue weighted by Crippen LogP contribution is 2.29. The van der Waals surface area contributed by atoms with Gasteiger partial charge in [0.2, 0.25) is 0 Å². The maximum atomic E-state index is 6.34. The summed E-state index contributed by atoms with van der Waals surface area (Å²) in [6, 6.07) is 8.70. The number of hydrogen-bond donors (Lipinski definition) is 1. The van der Waals surface area contributed by atoms with Gasteiger partial charge >= 0.3 is 0 Å². The maximum absolute atomic E-state index is 6.34. The Kier molecular flexibility index (Phi) is 6.81. The van der Waals surface area contributed by atoms with Crippen LogP contribution in [-0.4, -0.2) is 6.54 Å². The maximum Gasteiger partial charge on any atom is 0.0656 e. The summed E-state index contributed by atoms with van der Waals surface area (Å²) in [6.07, 6.45) is 2.05. The SMILES string of the molecule is CCCNC(Cc1ccc(Br)cc1Cl)c1csc(I)c1. The van der Waals surface area contributed by atoms with Crippen molar-refractivity contribution in [2.24, 2.45) is 0 Å². The summed E-state index contributed by atoms with van der Waals surface area (Å²) in [7, 11) is 0. The minimum absolute atomic E-state index is 0.327. The van der Waals surface area contributed by atoms with Gasteiger partial charge in [0.05, 0.1) is 2.88 Å². The van der Waals surface area contributed by atoms with Crippen LogP contribution >= 0.6 is 61.5 Å².